The van der Waals surface area contributed by atoms with Crippen LogP contribution in [0.2, 0.25) is 4.34 Å². The van der Waals surface area contributed by atoms with E-state index in [0.717, 1.165) is 22.3 Å². The van der Waals surface area contributed by atoms with E-state index in [2.05, 4.69) is 0 Å². The maximum Gasteiger partial charge on any atom is 0.348 e. The van der Waals surface area contributed by atoms with Crippen molar-refractivity contribution < 1.29 is 18.7 Å². The van der Waals surface area contributed by atoms with Crippen molar-refractivity contribution in [2.45, 2.75) is 6.92 Å². The number of halogens is 1. The third kappa shape index (κ3) is 2.77. The Kier molecular flexibility index (Phi) is 4.00. The molecule has 0 N–H and O–H groups in total. The molecule has 2 heterocycles. The summed E-state index contributed by atoms with van der Waals surface area (Å²) >= 11 is 6.86. The van der Waals surface area contributed by atoms with Crippen LogP contribution < -0.4 is 0 Å². The molecule has 0 fully saturated rings. The van der Waals surface area contributed by atoms with Gasteiger partial charge in [0.05, 0.1) is 4.34 Å². The molecular weight excluding hydrogens is 324 g/mol. The van der Waals surface area contributed by atoms with Gasteiger partial charge in [-0.05, 0) is 25.1 Å². The first-order valence-electron chi connectivity index (χ1n) is 6.50. The lowest BCUT2D eigenvalue weighted by Crippen LogP contribution is -2.13. The van der Waals surface area contributed by atoms with E-state index in [1.807, 2.05) is 18.2 Å². The molecule has 112 valence electrons. The summed E-state index contributed by atoms with van der Waals surface area (Å²) in [6.45, 7) is 1.44. The highest BCUT2D eigenvalue weighted by atomic mass is 35.5. The fraction of sp³-hybridized carbons (Fsp3) is 0.125. The predicted molar refractivity (Wildman–Crippen MR) is 84.9 cm³/mol. The second-order valence-corrected chi connectivity index (χ2v) is 6.37. The minimum absolute atomic E-state index is 0.221. The standard InChI is InChI=1S/C16H11ClO4S/c1-9-10-4-2-3-5-12(10)21-15(9)11(18)8-20-16(19)13-6-7-14(17)22-13/h2-7H,8H2,1H3. The summed E-state index contributed by atoms with van der Waals surface area (Å²) in [6.07, 6.45) is 0. The van der Waals surface area contributed by atoms with Crippen LogP contribution in [0.15, 0.2) is 40.8 Å². The molecule has 4 nitrogen and oxygen atoms in total. The van der Waals surface area contributed by atoms with Crippen LogP contribution in [0.3, 0.4) is 0 Å². The van der Waals surface area contributed by atoms with Crippen molar-refractivity contribution in [2.24, 2.45) is 0 Å². The molecule has 0 aliphatic carbocycles. The molecule has 0 saturated heterocycles. The Bertz CT molecular complexity index is 862. The lowest BCUT2D eigenvalue weighted by Gasteiger charge is -2.01. The molecule has 1 aromatic carbocycles. The number of rotatable bonds is 4. The van der Waals surface area contributed by atoms with Crippen molar-refractivity contribution >= 4 is 45.7 Å². The van der Waals surface area contributed by atoms with E-state index in [1.165, 1.54) is 0 Å². The van der Waals surface area contributed by atoms with Crippen LogP contribution in [-0.4, -0.2) is 18.4 Å². The summed E-state index contributed by atoms with van der Waals surface area (Å²) in [7, 11) is 0. The number of carbonyl (C=O) groups is 2. The number of hydrogen-bond acceptors (Lipinski definition) is 5. The Morgan fingerprint density at radius 1 is 1.23 bits per heavy atom. The summed E-state index contributed by atoms with van der Waals surface area (Å²) in [5, 5.41) is 0.877. The van der Waals surface area contributed by atoms with Gasteiger partial charge < -0.3 is 9.15 Å². The summed E-state index contributed by atoms with van der Waals surface area (Å²) < 4.78 is 11.0. The molecule has 0 atom stereocenters. The van der Waals surface area contributed by atoms with Crippen molar-refractivity contribution in [1.29, 1.82) is 0 Å². The number of thiophene rings is 1. The Morgan fingerprint density at radius 2 is 2.00 bits per heavy atom. The van der Waals surface area contributed by atoms with E-state index in [-0.39, 0.29) is 18.2 Å². The average Bonchev–Trinajstić information content (AvgIpc) is 3.09. The van der Waals surface area contributed by atoms with Gasteiger partial charge in [0.15, 0.2) is 12.4 Å². The van der Waals surface area contributed by atoms with Crippen LogP contribution >= 0.6 is 22.9 Å². The van der Waals surface area contributed by atoms with Gasteiger partial charge in [-0.15, -0.1) is 11.3 Å². The van der Waals surface area contributed by atoms with Crippen molar-refractivity contribution in [3.05, 3.63) is 56.9 Å². The monoisotopic (exact) mass is 334 g/mol. The van der Waals surface area contributed by atoms with Crippen molar-refractivity contribution in [1.82, 2.24) is 0 Å². The molecule has 0 unspecified atom stereocenters. The second kappa shape index (κ2) is 5.94. The zero-order valence-corrected chi connectivity index (χ0v) is 13.2. The lowest BCUT2D eigenvalue weighted by molar-refractivity contribution is 0.0473. The Hall–Kier alpha value is -2.11. The number of esters is 1. The summed E-state index contributed by atoms with van der Waals surface area (Å²) in [6, 6.07) is 10.5. The molecule has 0 bridgehead atoms. The minimum atomic E-state index is -0.570. The number of Topliss-reactive ketones (excluding diaryl/α,β-unsaturated/α-hetero) is 1. The largest absolute Gasteiger partial charge is 0.453 e. The maximum absolute atomic E-state index is 12.2. The molecule has 3 rings (SSSR count). The van der Waals surface area contributed by atoms with E-state index in [1.54, 1.807) is 25.1 Å². The van der Waals surface area contributed by atoms with E-state index in [4.69, 9.17) is 20.8 Å². The molecule has 2 aromatic heterocycles. The number of para-hydroxylation sites is 1. The Labute approximate surface area is 135 Å². The topological polar surface area (TPSA) is 56.5 Å². The van der Waals surface area contributed by atoms with Crippen LogP contribution in [0, 0.1) is 6.92 Å². The van der Waals surface area contributed by atoms with Gasteiger partial charge in [-0.1, -0.05) is 29.8 Å². The number of ketones is 1. The normalized spacial score (nSPS) is 10.8. The van der Waals surface area contributed by atoms with Crippen LogP contribution in [0.5, 0.6) is 0 Å². The van der Waals surface area contributed by atoms with E-state index >= 15 is 0 Å². The highest BCUT2D eigenvalue weighted by molar-refractivity contribution is 7.17. The molecule has 22 heavy (non-hydrogen) atoms. The minimum Gasteiger partial charge on any atom is -0.453 e. The average molecular weight is 335 g/mol. The van der Waals surface area contributed by atoms with Crippen molar-refractivity contribution in [3.8, 4) is 0 Å². The van der Waals surface area contributed by atoms with Gasteiger partial charge in [-0.2, -0.15) is 0 Å². The lowest BCUT2D eigenvalue weighted by atomic mass is 10.1. The molecule has 0 aliphatic rings. The second-order valence-electron chi connectivity index (χ2n) is 4.66. The van der Waals surface area contributed by atoms with Crippen molar-refractivity contribution in [3.63, 3.8) is 0 Å². The van der Waals surface area contributed by atoms with Crippen LogP contribution in [0.25, 0.3) is 11.0 Å². The van der Waals surface area contributed by atoms with Gasteiger partial charge in [0.1, 0.15) is 10.5 Å². The highest BCUT2D eigenvalue weighted by Crippen LogP contribution is 2.26. The summed E-state index contributed by atoms with van der Waals surface area (Å²) in [5.74, 6) is -0.720. The van der Waals surface area contributed by atoms with Crippen LogP contribution in [-0.2, 0) is 4.74 Å². The molecule has 3 aromatic rings. The number of furan rings is 1. The number of carbonyl (C=O) groups excluding carboxylic acids is 2. The Balaban J connectivity index is 1.73. The quantitative estimate of drug-likeness (QED) is 0.521. The van der Waals surface area contributed by atoms with Gasteiger partial charge in [0, 0.05) is 10.9 Å². The van der Waals surface area contributed by atoms with Crippen molar-refractivity contribution in [2.75, 3.05) is 6.61 Å². The van der Waals surface area contributed by atoms with Gasteiger partial charge in [0.2, 0.25) is 5.78 Å². The van der Waals surface area contributed by atoms with E-state index < -0.39 is 5.97 Å². The van der Waals surface area contributed by atoms with Gasteiger partial charge in [-0.3, -0.25) is 4.79 Å². The number of aryl methyl sites for hydroxylation is 1. The summed E-state index contributed by atoms with van der Waals surface area (Å²) in [5.41, 5.74) is 1.38. The zero-order valence-electron chi connectivity index (χ0n) is 11.6. The number of fused-ring (bicyclic) bond motifs is 1. The zero-order chi connectivity index (χ0) is 15.7. The first kappa shape index (κ1) is 14.8. The SMILES string of the molecule is Cc1c(C(=O)COC(=O)c2ccc(Cl)s2)oc2ccccc12. The van der Waals surface area contributed by atoms with Gasteiger partial charge >= 0.3 is 5.97 Å². The third-order valence-electron chi connectivity index (χ3n) is 3.21. The molecule has 0 aliphatic heterocycles. The molecule has 0 spiro atoms. The smallest absolute Gasteiger partial charge is 0.348 e. The number of ether oxygens (including phenoxy) is 1. The maximum atomic E-state index is 12.2. The number of benzene rings is 1. The first-order valence-corrected chi connectivity index (χ1v) is 7.69. The van der Waals surface area contributed by atoms with Gasteiger partial charge in [0.25, 0.3) is 0 Å². The fourth-order valence-corrected chi connectivity index (χ4v) is 3.07. The number of hydrogen-bond donors (Lipinski definition) is 0. The first-order chi connectivity index (χ1) is 10.6. The molecule has 0 radical (unpaired) electrons. The molecule has 0 saturated carbocycles. The molecular formula is C16H11ClO4S. The predicted octanol–water partition coefficient (Wildman–Crippen LogP) is 4.50. The highest BCUT2D eigenvalue weighted by Gasteiger charge is 2.19. The Morgan fingerprint density at radius 3 is 2.68 bits per heavy atom. The molecule has 6 heteroatoms. The third-order valence-corrected chi connectivity index (χ3v) is 4.42. The fourth-order valence-electron chi connectivity index (χ4n) is 2.13. The molecule has 0 amide bonds. The van der Waals surface area contributed by atoms with E-state index in [0.29, 0.717) is 14.8 Å². The van der Waals surface area contributed by atoms with Gasteiger partial charge in [-0.25, -0.2) is 4.79 Å². The van der Waals surface area contributed by atoms with Crippen LogP contribution in [0.1, 0.15) is 25.8 Å². The van der Waals surface area contributed by atoms with E-state index in [9.17, 15) is 9.59 Å². The summed E-state index contributed by atoms with van der Waals surface area (Å²) in [4.78, 5) is 24.3. The van der Waals surface area contributed by atoms with Crippen LogP contribution in [0.4, 0.5) is 0 Å².